The highest BCUT2D eigenvalue weighted by Crippen LogP contribution is 2.19. The van der Waals surface area contributed by atoms with Gasteiger partial charge in [-0.25, -0.2) is 4.98 Å². The van der Waals surface area contributed by atoms with Gasteiger partial charge in [0.15, 0.2) is 0 Å². The van der Waals surface area contributed by atoms with E-state index in [4.69, 9.17) is 4.98 Å². The first-order valence-electron chi connectivity index (χ1n) is 8.84. The van der Waals surface area contributed by atoms with Gasteiger partial charge in [0.25, 0.3) is 0 Å². The van der Waals surface area contributed by atoms with E-state index in [1.165, 1.54) is 23.1 Å². The van der Waals surface area contributed by atoms with E-state index in [9.17, 15) is 0 Å². The number of nitrogens with one attached hydrogen (secondary N) is 1. The molecule has 126 valence electrons. The average Bonchev–Trinajstić information content (AvgIpc) is 2.91. The van der Waals surface area contributed by atoms with Gasteiger partial charge in [-0.1, -0.05) is 50.2 Å². The molecule has 1 aromatic heterocycles. The Labute approximate surface area is 144 Å². The molecule has 1 heterocycles. The third-order valence-electron chi connectivity index (χ3n) is 4.50. The number of fused-ring (bicyclic) bond motifs is 1. The van der Waals surface area contributed by atoms with Crippen LogP contribution >= 0.6 is 0 Å². The normalized spacial score (nSPS) is 11.5. The van der Waals surface area contributed by atoms with E-state index in [1.54, 1.807) is 0 Å². The highest BCUT2D eigenvalue weighted by Gasteiger charge is 2.11. The van der Waals surface area contributed by atoms with Crippen molar-refractivity contribution < 1.29 is 0 Å². The molecule has 0 radical (unpaired) electrons. The summed E-state index contributed by atoms with van der Waals surface area (Å²) in [7, 11) is 0. The number of aromatic nitrogens is 2. The van der Waals surface area contributed by atoms with Crippen LogP contribution in [0.1, 0.15) is 37.2 Å². The van der Waals surface area contributed by atoms with Gasteiger partial charge in [0, 0.05) is 6.54 Å². The molecule has 0 aliphatic carbocycles. The van der Waals surface area contributed by atoms with Gasteiger partial charge in [0.2, 0.25) is 0 Å². The molecule has 0 aliphatic heterocycles. The summed E-state index contributed by atoms with van der Waals surface area (Å²) in [6.07, 6.45) is 1.19. The Morgan fingerprint density at radius 3 is 2.58 bits per heavy atom. The zero-order chi connectivity index (χ0) is 16.9. The third-order valence-corrected chi connectivity index (χ3v) is 4.50. The van der Waals surface area contributed by atoms with E-state index in [1.807, 2.05) is 0 Å². The molecule has 0 saturated heterocycles. The SMILES string of the molecule is Cc1ccccc1Cn1c(CNCCC(C)C)nc2ccccc21. The van der Waals surface area contributed by atoms with Gasteiger partial charge in [0.05, 0.1) is 17.6 Å². The zero-order valence-electron chi connectivity index (χ0n) is 14.9. The van der Waals surface area contributed by atoms with Crippen LogP contribution in [0.5, 0.6) is 0 Å². The monoisotopic (exact) mass is 321 g/mol. The maximum atomic E-state index is 4.86. The molecule has 0 amide bonds. The largest absolute Gasteiger partial charge is 0.322 e. The molecule has 3 aromatic rings. The number of nitrogens with zero attached hydrogens (tertiary/aromatic N) is 2. The van der Waals surface area contributed by atoms with Crippen LogP contribution in [0, 0.1) is 12.8 Å². The molecule has 0 atom stereocenters. The lowest BCUT2D eigenvalue weighted by Crippen LogP contribution is -2.19. The zero-order valence-corrected chi connectivity index (χ0v) is 14.9. The topological polar surface area (TPSA) is 29.9 Å². The molecular weight excluding hydrogens is 294 g/mol. The maximum Gasteiger partial charge on any atom is 0.124 e. The van der Waals surface area contributed by atoms with Gasteiger partial charge in [-0.05, 0) is 49.1 Å². The van der Waals surface area contributed by atoms with Crippen molar-refractivity contribution in [1.29, 1.82) is 0 Å². The number of imidazole rings is 1. The summed E-state index contributed by atoms with van der Waals surface area (Å²) in [6.45, 7) is 9.41. The van der Waals surface area contributed by atoms with Crippen molar-refractivity contribution in [2.75, 3.05) is 6.54 Å². The molecular formula is C21H27N3. The fraction of sp³-hybridized carbons (Fsp3) is 0.381. The fourth-order valence-corrected chi connectivity index (χ4v) is 2.99. The molecule has 3 rings (SSSR count). The second kappa shape index (κ2) is 7.63. The molecule has 3 heteroatoms. The van der Waals surface area contributed by atoms with Crippen LogP contribution in [0.3, 0.4) is 0 Å². The van der Waals surface area contributed by atoms with Gasteiger partial charge >= 0.3 is 0 Å². The minimum absolute atomic E-state index is 0.725. The molecule has 0 aliphatic rings. The minimum atomic E-state index is 0.725. The maximum absolute atomic E-state index is 4.86. The lowest BCUT2D eigenvalue weighted by molar-refractivity contribution is 0.526. The molecule has 24 heavy (non-hydrogen) atoms. The van der Waals surface area contributed by atoms with Gasteiger partial charge in [-0.2, -0.15) is 0 Å². The number of rotatable bonds is 7. The van der Waals surface area contributed by atoms with E-state index < -0.39 is 0 Å². The number of hydrogen-bond donors (Lipinski definition) is 1. The second-order valence-corrected chi connectivity index (χ2v) is 6.89. The molecule has 1 N–H and O–H groups in total. The Kier molecular flexibility index (Phi) is 5.31. The first kappa shape index (κ1) is 16.7. The van der Waals surface area contributed by atoms with Crippen molar-refractivity contribution in [3.8, 4) is 0 Å². The standard InChI is InChI=1S/C21H27N3/c1-16(2)12-13-22-14-21-23-19-10-6-7-11-20(19)24(21)15-18-9-5-4-8-17(18)3/h4-11,16,22H,12-15H2,1-3H3. The van der Waals surface area contributed by atoms with Gasteiger partial charge in [-0.3, -0.25) is 0 Å². The number of hydrogen-bond acceptors (Lipinski definition) is 2. The molecule has 0 unspecified atom stereocenters. The number of aryl methyl sites for hydroxylation is 1. The van der Waals surface area contributed by atoms with E-state index in [0.29, 0.717) is 0 Å². The first-order chi connectivity index (χ1) is 11.6. The molecule has 0 spiro atoms. The summed E-state index contributed by atoms with van der Waals surface area (Å²) < 4.78 is 2.35. The Bertz CT molecular complexity index is 802. The predicted octanol–water partition coefficient (Wildman–Crippen LogP) is 4.53. The van der Waals surface area contributed by atoms with Crippen molar-refractivity contribution in [2.45, 2.75) is 40.3 Å². The molecule has 0 bridgehead atoms. The Balaban J connectivity index is 1.86. The number of benzene rings is 2. The van der Waals surface area contributed by atoms with Gasteiger partial charge < -0.3 is 9.88 Å². The van der Waals surface area contributed by atoms with Crippen LogP contribution in [0.2, 0.25) is 0 Å². The lowest BCUT2D eigenvalue weighted by Gasteiger charge is -2.12. The third kappa shape index (κ3) is 3.85. The first-order valence-corrected chi connectivity index (χ1v) is 8.84. The van der Waals surface area contributed by atoms with Crippen molar-refractivity contribution in [3.05, 3.63) is 65.5 Å². The Hall–Kier alpha value is -2.13. The van der Waals surface area contributed by atoms with Gasteiger partial charge in [0.1, 0.15) is 5.82 Å². The van der Waals surface area contributed by atoms with E-state index >= 15 is 0 Å². The molecule has 0 fully saturated rings. The summed E-state index contributed by atoms with van der Waals surface area (Å²) in [6, 6.07) is 17.0. The van der Waals surface area contributed by atoms with E-state index in [0.717, 1.165) is 36.9 Å². The van der Waals surface area contributed by atoms with Crippen LogP contribution < -0.4 is 5.32 Å². The van der Waals surface area contributed by atoms with Gasteiger partial charge in [-0.15, -0.1) is 0 Å². The summed E-state index contributed by atoms with van der Waals surface area (Å²) in [5.41, 5.74) is 4.96. The summed E-state index contributed by atoms with van der Waals surface area (Å²) in [4.78, 5) is 4.86. The lowest BCUT2D eigenvalue weighted by atomic mass is 10.1. The van der Waals surface area contributed by atoms with Crippen LogP contribution in [-0.4, -0.2) is 16.1 Å². The van der Waals surface area contributed by atoms with E-state index in [-0.39, 0.29) is 0 Å². The van der Waals surface area contributed by atoms with Crippen molar-refractivity contribution in [1.82, 2.24) is 14.9 Å². The smallest absolute Gasteiger partial charge is 0.124 e. The summed E-state index contributed by atoms with van der Waals surface area (Å²) >= 11 is 0. The summed E-state index contributed by atoms with van der Waals surface area (Å²) in [5.74, 6) is 1.84. The Morgan fingerprint density at radius 2 is 1.79 bits per heavy atom. The second-order valence-electron chi connectivity index (χ2n) is 6.89. The summed E-state index contributed by atoms with van der Waals surface area (Å²) in [5, 5.41) is 3.55. The van der Waals surface area contributed by atoms with Crippen LogP contribution in [0.4, 0.5) is 0 Å². The molecule has 3 nitrogen and oxygen atoms in total. The van der Waals surface area contributed by atoms with Crippen LogP contribution in [-0.2, 0) is 13.1 Å². The fourth-order valence-electron chi connectivity index (χ4n) is 2.99. The van der Waals surface area contributed by atoms with E-state index in [2.05, 4.69) is 79.2 Å². The highest BCUT2D eigenvalue weighted by atomic mass is 15.1. The van der Waals surface area contributed by atoms with Crippen LogP contribution in [0.15, 0.2) is 48.5 Å². The molecule has 2 aromatic carbocycles. The number of para-hydroxylation sites is 2. The van der Waals surface area contributed by atoms with Crippen molar-refractivity contribution >= 4 is 11.0 Å². The predicted molar refractivity (Wildman–Crippen MR) is 101 cm³/mol. The van der Waals surface area contributed by atoms with Crippen molar-refractivity contribution in [3.63, 3.8) is 0 Å². The van der Waals surface area contributed by atoms with Crippen molar-refractivity contribution in [2.24, 2.45) is 5.92 Å². The molecule has 0 saturated carbocycles. The Morgan fingerprint density at radius 1 is 1.04 bits per heavy atom. The highest BCUT2D eigenvalue weighted by molar-refractivity contribution is 5.76. The quantitative estimate of drug-likeness (QED) is 0.648. The minimum Gasteiger partial charge on any atom is -0.322 e. The average molecular weight is 321 g/mol. The van der Waals surface area contributed by atoms with Crippen LogP contribution in [0.25, 0.3) is 11.0 Å².